The van der Waals surface area contributed by atoms with E-state index in [9.17, 15) is 9.18 Å². The van der Waals surface area contributed by atoms with Crippen LogP contribution in [0.15, 0.2) is 24.4 Å². The van der Waals surface area contributed by atoms with Crippen LogP contribution < -0.4 is 15.4 Å². The minimum absolute atomic E-state index is 0.00488. The molecule has 0 bridgehead atoms. The van der Waals surface area contributed by atoms with Gasteiger partial charge in [-0.1, -0.05) is 11.6 Å². The number of H-pyrrole nitrogens is 1. The number of piperidine rings is 1. The van der Waals surface area contributed by atoms with Gasteiger partial charge < -0.3 is 25.3 Å². The van der Waals surface area contributed by atoms with E-state index in [4.69, 9.17) is 16.3 Å². The van der Waals surface area contributed by atoms with Crippen LogP contribution in [-0.2, 0) is 4.79 Å². The topological polar surface area (TPSA) is 95.2 Å². The normalized spacial score (nSPS) is 15.2. The van der Waals surface area contributed by atoms with Crippen molar-refractivity contribution in [3.63, 3.8) is 0 Å². The van der Waals surface area contributed by atoms with Gasteiger partial charge in [-0.05, 0) is 44.9 Å². The van der Waals surface area contributed by atoms with Crippen LogP contribution >= 0.6 is 11.6 Å². The number of carbonyl (C=O) groups is 1. The molecule has 0 saturated carbocycles. The monoisotopic (exact) mass is 474 g/mol. The Labute approximate surface area is 196 Å². The number of anilines is 1. The highest BCUT2D eigenvalue weighted by molar-refractivity contribution is 6.34. The number of nitrogens with zero attached hydrogens (tertiary/aromatic N) is 3. The van der Waals surface area contributed by atoms with Crippen molar-refractivity contribution in [2.24, 2.45) is 0 Å². The van der Waals surface area contributed by atoms with Gasteiger partial charge in [-0.15, -0.1) is 0 Å². The van der Waals surface area contributed by atoms with E-state index < -0.39 is 5.82 Å². The second-order valence-corrected chi connectivity index (χ2v) is 8.83. The number of hydrogen-bond acceptors (Lipinski definition) is 6. The fraction of sp³-hybridized carbons (Fsp3) is 0.435. The van der Waals surface area contributed by atoms with Crippen molar-refractivity contribution in [1.82, 2.24) is 25.2 Å². The maximum Gasteiger partial charge on any atom is 0.257 e. The van der Waals surface area contributed by atoms with E-state index in [0.717, 1.165) is 31.6 Å². The molecule has 0 unspecified atom stereocenters. The number of hydrogen-bond donors (Lipinski definition) is 3. The quantitative estimate of drug-likeness (QED) is 0.481. The average molecular weight is 475 g/mol. The Morgan fingerprint density at radius 1 is 1.36 bits per heavy atom. The summed E-state index contributed by atoms with van der Waals surface area (Å²) in [5.74, 6) is -0.462. The molecule has 3 aromatic rings. The summed E-state index contributed by atoms with van der Waals surface area (Å²) in [5.41, 5.74) is 2.47. The summed E-state index contributed by atoms with van der Waals surface area (Å²) in [6.07, 6.45) is 3.61. The second kappa shape index (κ2) is 9.93. The van der Waals surface area contributed by atoms with Crippen molar-refractivity contribution < 1.29 is 13.9 Å². The number of aromatic amines is 1. The molecular weight excluding hydrogens is 447 g/mol. The first kappa shape index (κ1) is 23.3. The number of aromatic nitrogens is 3. The van der Waals surface area contributed by atoms with Gasteiger partial charge in [0.2, 0.25) is 0 Å². The zero-order valence-electron chi connectivity index (χ0n) is 18.9. The van der Waals surface area contributed by atoms with Gasteiger partial charge in [0.1, 0.15) is 11.3 Å². The SMILES string of the molecule is CNC(=O)COc1ccc(-c2nc3ncc(Cl)c(NC4CCN(C(C)C)CC4)c3[nH]2)cc1F. The number of halogens is 2. The predicted octanol–water partition coefficient (Wildman–Crippen LogP) is 3.83. The number of imidazole rings is 1. The molecule has 4 rings (SSSR count). The largest absolute Gasteiger partial charge is 0.481 e. The number of rotatable bonds is 7. The highest BCUT2D eigenvalue weighted by Crippen LogP contribution is 2.33. The second-order valence-electron chi connectivity index (χ2n) is 8.42. The number of amides is 1. The number of likely N-dealkylation sites (N-methyl/N-ethyl adjacent to an activating group) is 1. The first-order valence-corrected chi connectivity index (χ1v) is 11.4. The molecule has 3 N–H and O–H groups in total. The minimum Gasteiger partial charge on any atom is -0.481 e. The number of ether oxygens (including phenoxy) is 1. The molecular formula is C23H28ClFN6O2. The summed E-state index contributed by atoms with van der Waals surface area (Å²) in [6.45, 7) is 6.23. The van der Waals surface area contributed by atoms with E-state index in [1.54, 1.807) is 12.3 Å². The van der Waals surface area contributed by atoms with Crippen molar-refractivity contribution in [3.8, 4) is 17.1 Å². The Balaban J connectivity index is 1.55. The lowest BCUT2D eigenvalue weighted by Gasteiger charge is -2.35. The number of likely N-dealkylation sites (tertiary alicyclic amines) is 1. The third-order valence-electron chi connectivity index (χ3n) is 5.92. The lowest BCUT2D eigenvalue weighted by Crippen LogP contribution is -2.42. The molecule has 1 fully saturated rings. The molecule has 176 valence electrons. The van der Waals surface area contributed by atoms with Crippen molar-refractivity contribution in [3.05, 3.63) is 35.2 Å². The molecule has 1 saturated heterocycles. The molecule has 0 radical (unpaired) electrons. The summed E-state index contributed by atoms with van der Waals surface area (Å²) >= 11 is 6.48. The molecule has 1 aromatic carbocycles. The Hall–Kier alpha value is -2.91. The Kier molecular flexibility index (Phi) is 6.99. The zero-order chi connectivity index (χ0) is 23.5. The van der Waals surface area contributed by atoms with Crippen LogP contribution in [0.3, 0.4) is 0 Å². The fourth-order valence-corrected chi connectivity index (χ4v) is 4.15. The molecule has 10 heteroatoms. The third kappa shape index (κ3) is 5.20. The van der Waals surface area contributed by atoms with Crippen molar-refractivity contribution in [2.45, 2.75) is 38.8 Å². The van der Waals surface area contributed by atoms with Gasteiger partial charge >= 0.3 is 0 Å². The Bertz CT molecular complexity index is 1140. The van der Waals surface area contributed by atoms with Gasteiger partial charge in [0.15, 0.2) is 23.8 Å². The molecule has 0 atom stereocenters. The summed E-state index contributed by atoms with van der Waals surface area (Å²) < 4.78 is 19.8. The summed E-state index contributed by atoms with van der Waals surface area (Å²) in [6, 6.07) is 5.30. The highest BCUT2D eigenvalue weighted by Gasteiger charge is 2.23. The van der Waals surface area contributed by atoms with Crippen LogP contribution in [0.2, 0.25) is 5.02 Å². The molecule has 8 nitrogen and oxygen atoms in total. The van der Waals surface area contributed by atoms with E-state index in [0.29, 0.717) is 39.7 Å². The van der Waals surface area contributed by atoms with E-state index in [1.165, 1.54) is 19.2 Å². The number of benzene rings is 1. The average Bonchev–Trinajstić information content (AvgIpc) is 3.25. The van der Waals surface area contributed by atoms with Crippen LogP contribution in [0.4, 0.5) is 10.1 Å². The third-order valence-corrected chi connectivity index (χ3v) is 6.21. The van der Waals surface area contributed by atoms with E-state index in [2.05, 4.69) is 44.3 Å². The standard InChI is InChI=1S/C23H28ClFN6O2/c1-13(2)31-8-6-15(7-9-31)28-20-16(24)11-27-23-21(20)29-22(30-23)14-4-5-18(17(25)10-14)33-12-19(32)26-3/h4-5,10-11,13,15H,6-9,12H2,1-3H3,(H,26,32)(H2,27,28,29,30). The van der Waals surface area contributed by atoms with E-state index in [-0.39, 0.29) is 18.3 Å². The molecule has 1 amide bonds. The lowest BCUT2D eigenvalue weighted by molar-refractivity contribution is -0.122. The molecule has 3 heterocycles. The smallest absolute Gasteiger partial charge is 0.257 e. The van der Waals surface area contributed by atoms with E-state index in [1.807, 2.05) is 0 Å². The lowest BCUT2D eigenvalue weighted by atomic mass is 10.0. The molecule has 0 spiro atoms. The van der Waals surface area contributed by atoms with Crippen LogP contribution in [0.25, 0.3) is 22.6 Å². The Morgan fingerprint density at radius 2 is 2.12 bits per heavy atom. The zero-order valence-corrected chi connectivity index (χ0v) is 19.7. The van der Waals surface area contributed by atoms with Crippen LogP contribution in [-0.4, -0.2) is 64.6 Å². The van der Waals surface area contributed by atoms with Gasteiger partial charge in [0.05, 0.1) is 16.9 Å². The van der Waals surface area contributed by atoms with Gasteiger partial charge in [-0.3, -0.25) is 4.79 Å². The molecule has 1 aliphatic heterocycles. The summed E-state index contributed by atoms with van der Waals surface area (Å²) in [5, 5.41) is 6.50. The summed E-state index contributed by atoms with van der Waals surface area (Å²) in [4.78, 5) is 25.9. The minimum atomic E-state index is -0.585. The first-order chi connectivity index (χ1) is 15.9. The molecule has 33 heavy (non-hydrogen) atoms. The van der Waals surface area contributed by atoms with Gasteiger partial charge in [-0.2, -0.15) is 0 Å². The molecule has 2 aromatic heterocycles. The number of fused-ring (bicyclic) bond motifs is 1. The van der Waals surface area contributed by atoms with Gasteiger partial charge in [0.25, 0.3) is 5.91 Å². The molecule has 1 aliphatic rings. The summed E-state index contributed by atoms with van der Waals surface area (Å²) in [7, 11) is 1.49. The Morgan fingerprint density at radius 3 is 2.79 bits per heavy atom. The van der Waals surface area contributed by atoms with Crippen molar-refractivity contribution in [2.75, 3.05) is 32.1 Å². The number of pyridine rings is 1. The maximum atomic E-state index is 14.5. The van der Waals surface area contributed by atoms with Crippen LogP contribution in [0, 0.1) is 5.82 Å². The fourth-order valence-electron chi connectivity index (χ4n) is 3.96. The van der Waals surface area contributed by atoms with Gasteiger partial charge in [-0.25, -0.2) is 14.4 Å². The van der Waals surface area contributed by atoms with Gasteiger partial charge in [0, 0.05) is 37.8 Å². The van der Waals surface area contributed by atoms with E-state index >= 15 is 0 Å². The molecule has 0 aliphatic carbocycles. The highest BCUT2D eigenvalue weighted by atomic mass is 35.5. The number of carbonyl (C=O) groups excluding carboxylic acids is 1. The van der Waals surface area contributed by atoms with Crippen LogP contribution in [0.1, 0.15) is 26.7 Å². The van der Waals surface area contributed by atoms with Crippen molar-refractivity contribution in [1.29, 1.82) is 0 Å². The predicted molar refractivity (Wildman–Crippen MR) is 127 cm³/mol. The maximum absolute atomic E-state index is 14.5. The van der Waals surface area contributed by atoms with Crippen LogP contribution in [0.5, 0.6) is 5.75 Å². The first-order valence-electron chi connectivity index (χ1n) is 11.0. The van der Waals surface area contributed by atoms with Crippen molar-refractivity contribution >= 4 is 34.4 Å². The number of nitrogens with one attached hydrogen (secondary N) is 3.